The number of allylic oxidation sites excluding steroid dienone is 1. The van der Waals surface area contributed by atoms with Gasteiger partial charge in [-0.05, 0) is 80.7 Å². The summed E-state index contributed by atoms with van der Waals surface area (Å²) in [4.78, 5) is 28.3. The molecule has 0 unspecified atom stereocenters. The van der Waals surface area contributed by atoms with Gasteiger partial charge in [-0.15, -0.1) is 11.3 Å². The molecule has 1 aliphatic carbocycles. The number of fused-ring (bicyclic) bond motifs is 1. The maximum Gasteiger partial charge on any atom is 0.320 e. The van der Waals surface area contributed by atoms with Crippen molar-refractivity contribution < 1.29 is 14.0 Å². The SMILES string of the molecule is CCCCC1=C(/C(CNC(=O)Nc2sc3c(c2C=O)CCCC3)=C(\C)n2cccc2)CCN(CCF)C1. The molecule has 200 valence electrons. The van der Waals surface area contributed by atoms with E-state index in [0.29, 0.717) is 23.7 Å². The van der Waals surface area contributed by atoms with Crippen LogP contribution in [0.3, 0.4) is 0 Å². The van der Waals surface area contributed by atoms with E-state index in [1.165, 1.54) is 27.4 Å². The summed E-state index contributed by atoms with van der Waals surface area (Å²) >= 11 is 1.53. The van der Waals surface area contributed by atoms with Gasteiger partial charge in [0.25, 0.3) is 0 Å². The molecule has 0 radical (unpaired) electrons. The molecule has 2 amide bonds. The highest BCUT2D eigenvalue weighted by molar-refractivity contribution is 7.16. The molecule has 8 heteroatoms. The third-order valence-corrected chi connectivity index (χ3v) is 8.75. The lowest BCUT2D eigenvalue weighted by Gasteiger charge is -2.32. The van der Waals surface area contributed by atoms with Crippen LogP contribution in [-0.4, -0.2) is 54.6 Å². The number of rotatable bonds is 11. The van der Waals surface area contributed by atoms with Crippen LogP contribution in [-0.2, 0) is 12.8 Å². The Labute approximate surface area is 223 Å². The molecule has 3 heterocycles. The first kappa shape index (κ1) is 27.3. The summed E-state index contributed by atoms with van der Waals surface area (Å²) in [6.07, 6.45) is 13.0. The number of aromatic nitrogens is 1. The van der Waals surface area contributed by atoms with Crippen molar-refractivity contribution in [1.82, 2.24) is 14.8 Å². The zero-order chi connectivity index (χ0) is 26.2. The lowest BCUT2D eigenvalue weighted by molar-refractivity contribution is 0.112. The fraction of sp³-hybridized carbons (Fsp3) is 0.517. The number of nitrogens with zero attached hydrogens (tertiary/aromatic N) is 2. The summed E-state index contributed by atoms with van der Waals surface area (Å²) in [5.41, 5.74) is 6.57. The highest BCUT2D eigenvalue weighted by Crippen LogP contribution is 2.37. The van der Waals surface area contributed by atoms with Crippen LogP contribution in [0.15, 0.2) is 41.2 Å². The minimum absolute atomic E-state index is 0.301. The largest absolute Gasteiger partial charge is 0.334 e. The van der Waals surface area contributed by atoms with Gasteiger partial charge in [0.1, 0.15) is 11.7 Å². The predicted octanol–water partition coefficient (Wildman–Crippen LogP) is 6.46. The molecule has 4 rings (SSSR count). The molecule has 0 saturated heterocycles. The van der Waals surface area contributed by atoms with E-state index in [1.807, 2.05) is 24.5 Å². The maximum atomic E-state index is 13.1. The van der Waals surface area contributed by atoms with Crippen LogP contribution in [0.1, 0.15) is 73.2 Å². The van der Waals surface area contributed by atoms with E-state index in [4.69, 9.17) is 0 Å². The summed E-state index contributed by atoms with van der Waals surface area (Å²) in [7, 11) is 0. The van der Waals surface area contributed by atoms with Crippen molar-refractivity contribution in [2.75, 3.05) is 38.2 Å². The second-order valence-corrected chi connectivity index (χ2v) is 11.0. The maximum absolute atomic E-state index is 13.1. The van der Waals surface area contributed by atoms with Gasteiger partial charge in [-0.2, -0.15) is 0 Å². The van der Waals surface area contributed by atoms with Gasteiger partial charge in [-0.1, -0.05) is 18.9 Å². The molecule has 1 aliphatic heterocycles. The average molecular weight is 527 g/mol. The van der Waals surface area contributed by atoms with Crippen molar-refractivity contribution in [3.8, 4) is 0 Å². The normalized spacial score (nSPS) is 16.8. The van der Waals surface area contributed by atoms with Gasteiger partial charge in [0, 0.05) is 49.1 Å². The lowest BCUT2D eigenvalue weighted by Crippen LogP contribution is -2.36. The van der Waals surface area contributed by atoms with Crippen molar-refractivity contribution in [1.29, 1.82) is 0 Å². The zero-order valence-electron chi connectivity index (χ0n) is 22.1. The van der Waals surface area contributed by atoms with Crippen LogP contribution in [0.2, 0.25) is 0 Å². The Hall–Kier alpha value is -2.71. The number of thiophene rings is 1. The average Bonchev–Trinajstić information content (AvgIpc) is 3.56. The van der Waals surface area contributed by atoms with Crippen molar-refractivity contribution >= 4 is 34.4 Å². The first-order valence-electron chi connectivity index (χ1n) is 13.5. The molecule has 0 saturated carbocycles. The quantitative estimate of drug-likeness (QED) is 0.331. The smallest absolute Gasteiger partial charge is 0.320 e. The van der Waals surface area contributed by atoms with Crippen molar-refractivity contribution in [3.05, 3.63) is 57.2 Å². The van der Waals surface area contributed by atoms with E-state index in [-0.39, 0.29) is 12.7 Å². The number of unbranched alkanes of at least 4 members (excludes halogenated alkanes) is 1. The highest BCUT2D eigenvalue weighted by atomic mass is 32.1. The Morgan fingerprint density at radius 3 is 2.70 bits per heavy atom. The monoisotopic (exact) mass is 526 g/mol. The Morgan fingerprint density at radius 1 is 1.19 bits per heavy atom. The second-order valence-electron chi connectivity index (χ2n) is 9.93. The number of anilines is 1. The molecule has 2 N–H and O–H groups in total. The lowest BCUT2D eigenvalue weighted by atomic mass is 9.89. The van der Waals surface area contributed by atoms with Crippen molar-refractivity contribution in [2.45, 2.75) is 65.2 Å². The number of amides is 2. The van der Waals surface area contributed by atoms with Gasteiger partial charge >= 0.3 is 6.03 Å². The van der Waals surface area contributed by atoms with E-state index in [2.05, 4.69) is 33.9 Å². The number of carbonyl (C=O) groups is 2. The minimum atomic E-state index is -0.335. The van der Waals surface area contributed by atoms with Crippen LogP contribution in [0.25, 0.3) is 5.70 Å². The van der Waals surface area contributed by atoms with E-state index in [0.717, 1.165) is 87.6 Å². The molecule has 2 aromatic heterocycles. The number of carbonyl (C=O) groups excluding carboxylic acids is 2. The van der Waals surface area contributed by atoms with Gasteiger partial charge in [-0.3, -0.25) is 15.0 Å². The van der Waals surface area contributed by atoms with Crippen LogP contribution in [0.5, 0.6) is 0 Å². The Morgan fingerprint density at radius 2 is 1.97 bits per heavy atom. The first-order valence-corrected chi connectivity index (χ1v) is 14.3. The van der Waals surface area contributed by atoms with E-state index >= 15 is 0 Å². The molecule has 2 aromatic rings. The number of aldehydes is 1. The topological polar surface area (TPSA) is 66.4 Å². The molecular formula is C29H39FN4O2S. The molecule has 0 spiro atoms. The number of alkyl halides is 1. The van der Waals surface area contributed by atoms with E-state index in [9.17, 15) is 14.0 Å². The van der Waals surface area contributed by atoms with Crippen LogP contribution in [0, 0.1) is 0 Å². The number of hydrogen-bond acceptors (Lipinski definition) is 4. The standard InChI is InChI=1S/C29H39FN4O2S/c1-3-4-9-22-19-33(17-13-30)16-12-23(22)25(21(2)34-14-7-8-15-34)18-31-29(36)32-28-26(20-35)24-10-5-6-11-27(24)37-28/h7-8,14-15,20H,3-6,9-13,16-19H2,1-2H3,(H2,31,32,36)/b25-21+. The van der Waals surface area contributed by atoms with Gasteiger partial charge in [-0.25, -0.2) is 9.18 Å². The Kier molecular flexibility index (Phi) is 9.75. The van der Waals surface area contributed by atoms with Gasteiger partial charge < -0.3 is 9.88 Å². The number of urea groups is 1. The number of nitrogens with one attached hydrogen (secondary N) is 2. The van der Waals surface area contributed by atoms with E-state index in [1.54, 1.807) is 0 Å². The zero-order valence-corrected chi connectivity index (χ0v) is 22.9. The second kappa shape index (κ2) is 13.2. The molecule has 2 aliphatic rings. The predicted molar refractivity (Wildman–Crippen MR) is 150 cm³/mol. The molecule has 37 heavy (non-hydrogen) atoms. The van der Waals surface area contributed by atoms with Crippen LogP contribution >= 0.6 is 11.3 Å². The fourth-order valence-corrected chi connectivity index (χ4v) is 6.73. The van der Waals surface area contributed by atoms with Crippen LogP contribution < -0.4 is 10.6 Å². The third kappa shape index (κ3) is 6.60. The van der Waals surface area contributed by atoms with Gasteiger partial charge in [0.05, 0.1) is 5.56 Å². The Balaban J connectivity index is 1.57. The molecule has 0 aromatic carbocycles. The number of halogens is 1. The summed E-state index contributed by atoms with van der Waals surface area (Å²) < 4.78 is 15.2. The first-order chi connectivity index (χ1) is 18.0. The van der Waals surface area contributed by atoms with Crippen molar-refractivity contribution in [2.24, 2.45) is 0 Å². The minimum Gasteiger partial charge on any atom is -0.334 e. The number of hydrogen-bond donors (Lipinski definition) is 2. The Bertz CT molecular complexity index is 1150. The summed E-state index contributed by atoms with van der Waals surface area (Å²) in [6.45, 7) is 6.37. The van der Waals surface area contributed by atoms with E-state index < -0.39 is 0 Å². The molecule has 0 fully saturated rings. The molecule has 0 bridgehead atoms. The molecule has 0 atom stereocenters. The summed E-state index contributed by atoms with van der Waals surface area (Å²) in [5, 5.41) is 6.69. The van der Waals surface area contributed by atoms with Crippen LogP contribution in [0.4, 0.5) is 14.2 Å². The van der Waals surface area contributed by atoms with Gasteiger partial charge in [0.15, 0.2) is 6.29 Å². The van der Waals surface area contributed by atoms with Crippen molar-refractivity contribution in [3.63, 3.8) is 0 Å². The van der Waals surface area contributed by atoms with Gasteiger partial charge in [0.2, 0.25) is 0 Å². The third-order valence-electron chi connectivity index (χ3n) is 7.53. The summed E-state index contributed by atoms with van der Waals surface area (Å²) in [6, 6.07) is 3.69. The molecule has 6 nitrogen and oxygen atoms in total. The number of aryl methyl sites for hydroxylation is 1. The molecular weight excluding hydrogens is 487 g/mol. The summed E-state index contributed by atoms with van der Waals surface area (Å²) in [5.74, 6) is 0. The fourth-order valence-electron chi connectivity index (χ4n) is 5.48. The highest BCUT2D eigenvalue weighted by Gasteiger charge is 2.24.